The maximum absolute atomic E-state index is 11.8. The van der Waals surface area contributed by atoms with Crippen LogP contribution >= 0.6 is 11.6 Å². The predicted molar refractivity (Wildman–Crippen MR) is 63.5 cm³/mol. The van der Waals surface area contributed by atoms with Crippen molar-refractivity contribution in [1.82, 2.24) is 4.90 Å². The summed E-state index contributed by atoms with van der Waals surface area (Å²) >= 11 is 5.66. The zero-order valence-electron chi connectivity index (χ0n) is 9.09. The second kappa shape index (κ2) is 5.47. The zero-order chi connectivity index (χ0) is 10.6. The van der Waals surface area contributed by atoms with E-state index in [1.807, 2.05) is 0 Å². The third-order valence-electron chi connectivity index (χ3n) is 2.85. The summed E-state index contributed by atoms with van der Waals surface area (Å²) in [6.07, 6.45) is 2.07. The molecule has 1 heterocycles. The average Bonchev–Trinajstić information content (AvgIpc) is 2.26. The normalized spacial score (nSPS) is 28.6. The first-order valence-corrected chi connectivity index (χ1v) is 7.08. The molecule has 0 radical (unpaired) electrons. The molecule has 14 heavy (non-hydrogen) atoms. The van der Waals surface area contributed by atoms with Crippen LogP contribution in [0.5, 0.6) is 0 Å². The molecule has 1 aliphatic rings. The molecular formula is C10H20ClNOS. The molecule has 4 heteroatoms. The fraction of sp³-hybridized carbons (Fsp3) is 1.00. The van der Waals surface area contributed by atoms with Gasteiger partial charge in [-0.3, -0.25) is 4.21 Å². The average molecular weight is 238 g/mol. The van der Waals surface area contributed by atoms with E-state index in [4.69, 9.17) is 11.6 Å². The van der Waals surface area contributed by atoms with Crippen LogP contribution in [0, 0.1) is 0 Å². The van der Waals surface area contributed by atoms with Crippen LogP contribution in [0.25, 0.3) is 0 Å². The lowest BCUT2D eigenvalue weighted by Crippen LogP contribution is -2.28. The molecule has 0 spiro atoms. The van der Waals surface area contributed by atoms with E-state index in [2.05, 4.69) is 18.7 Å². The summed E-state index contributed by atoms with van der Waals surface area (Å²) in [5.41, 5.74) is 0. The standard InChI is InChI=1S/C10H20ClNOS/c1-10(2)4-7-12(6-3-5-11)8-9-14(10)13/h3-9H2,1-2H3. The molecule has 1 rings (SSSR count). The van der Waals surface area contributed by atoms with Crippen molar-refractivity contribution in [3.05, 3.63) is 0 Å². The van der Waals surface area contributed by atoms with Crippen molar-refractivity contribution in [2.45, 2.75) is 31.4 Å². The number of alkyl halides is 1. The van der Waals surface area contributed by atoms with Gasteiger partial charge in [-0.15, -0.1) is 11.6 Å². The topological polar surface area (TPSA) is 20.3 Å². The van der Waals surface area contributed by atoms with Gasteiger partial charge >= 0.3 is 0 Å². The fourth-order valence-corrected chi connectivity index (χ4v) is 3.06. The van der Waals surface area contributed by atoms with Gasteiger partial charge in [-0.25, -0.2) is 0 Å². The van der Waals surface area contributed by atoms with Gasteiger partial charge in [-0.05, 0) is 39.8 Å². The van der Waals surface area contributed by atoms with E-state index in [0.717, 1.165) is 44.1 Å². The summed E-state index contributed by atoms with van der Waals surface area (Å²) < 4.78 is 11.8. The maximum Gasteiger partial charge on any atom is 0.0415 e. The molecule has 0 N–H and O–H groups in total. The lowest BCUT2D eigenvalue weighted by atomic mass is 10.1. The van der Waals surface area contributed by atoms with Crippen molar-refractivity contribution in [1.29, 1.82) is 0 Å². The summed E-state index contributed by atoms with van der Waals surface area (Å²) in [6.45, 7) is 7.29. The van der Waals surface area contributed by atoms with Gasteiger partial charge in [-0.1, -0.05) is 0 Å². The second-order valence-electron chi connectivity index (χ2n) is 4.44. The van der Waals surface area contributed by atoms with Gasteiger partial charge in [0.2, 0.25) is 0 Å². The highest BCUT2D eigenvalue weighted by Crippen LogP contribution is 2.21. The van der Waals surface area contributed by atoms with E-state index in [-0.39, 0.29) is 4.75 Å². The Balaban J connectivity index is 2.44. The second-order valence-corrected chi connectivity index (χ2v) is 7.03. The molecule has 0 aromatic heterocycles. The van der Waals surface area contributed by atoms with Gasteiger partial charge < -0.3 is 4.90 Å². The summed E-state index contributed by atoms with van der Waals surface area (Å²) in [4.78, 5) is 2.38. The quantitative estimate of drug-likeness (QED) is 0.699. The lowest BCUT2D eigenvalue weighted by molar-refractivity contribution is 0.285. The Bertz CT molecular complexity index is 208. The highest BCUT2D eigenvalue weighted by Gasteiger charge is 2.29. The predicted octanol–water partition coefficient (Wildman–Crippen LogP) is 1.85. The van der Waals surface area contributed by atoms with E-state index < -0.39 is 10.8 Å². The van der Waals surface area contributed by atoms with Crippen LogP contribution in [0.1, 0.15) is 26.7 Å². The first kappa shape index (κ1) is 12.5. The Morgan fingerprint density at radius 1 is 1.43 bits per heavy atom. The van der Waals surface area contributed by atoms with E-state index in [1.54, 1.807) is 0 Å². The molecule has 0 aromatic rings. The molecule has 84 valence electrons. The maximum atomic E-state index is 11.8. The minimum Gasteiger partial charge on any atom is -0.302 e. The fourth-order valence-electron chi connectivity index (χ4n) is 1.65. The highest BCUT2D eigenvalue weighted by atomic mass is 35.5. The lowest BCUT2D eigenvalue weighted by Gasteiger charge is -2.21. The number of halogens is 1. The van der Waals surface area contributed by atoms with Gasteiger partial charge in [-0.2, -0.15) is 0 Å². The van der Waals surface area contributed by atoms with Crippen LogP contribution in [-0.4, -0.2) is 45.1 Å². The van der Waals surface area contributed by atoms with Crippen molar-refractivity contribution in [3.63, 3.8) is 0 Å². The molecule has 2 nitrogen and oxygen atoms in total. The molecule has 1 aliphatic heterocycles. The van der Waals surface area contributed by atoms with E-state index in [0.29, 0.717) is 0 Å². The SMILES string of the molecule is CC1(C)CCN(CCCCl)CCS1=O. The summed E-state index contributed by atoms with van der Waals surface area (Å²) in [5.74, 6) is 1.54. The van der Waals surface area contributed by atoms with Gasteiger partial charge in [0.15, 0.2) is 0 Å². The number of hydrogen-bond acceptors (Lipinski definition) is 2. The molecule has 1 atom stereocenters. The third kappa shape index (κ3) is 3.52. The molecule has 0 bridgehead atoms. The molecular weight excluding hydrogens is 218 g/mol. The van der Waals surface area contributed by atoms with Gasteiger partial charge in [0, 0.05) is 33.7 Å². The van der Waals surface area contributed by atoms with Crippen LogP contribution < -0.4 is 0 Å². The van der Waals surface area contributed by atoms with Crippen molar-refractivity contribution < 1.29 is 4.21 Å². The minimum absolute atomic E-state index is 0.00425. The van der Waals surface area contributed by atoms with Gasteiger partial charge in [0.1, 0.15) is 0 Å². The van der Waals surface area contributed by atoms with Crippen LogP contribution in [0.4, 0.5) is 0 Å². The molecule has 1 fully saturated rings. The summed E-state index contributed by atoms with van der Waals surface area (Å²) in [7, 11) is -0.669. The smallest absolute Gasteiger partial charge is 0.0415 e. The van der Waals surface area contributed by atoms with Gasteiger partial charge in [0.05, 0.1) is 0 Å². The Morgan fingerprint density at radius 2 is 2.14 bits per heavy atom. The Labute approximate surface area is 94.5 Å². The number of hydrogen-bond donors (Lipinski definition) is 0. The van der Waals surface area contributed by atoms with Crippen LogP contribution in [-0.2, 0) is 10.8 Å². The number of nitrogens with zero attached hydrogens (tertiary/aromatic N) is 1. The minimum atomic E-state index is -0.669. The van der Waals surface area contributed by atoms with E-state index >= 15 is 0 Å². The first-order valence-electron chi connectivity index (χ1n) is 5.23. The number of rotatable bonds is 3. The Kier molecular flexibility index (Phi) is 4.88. The third-order valence-corrected chi connectivity index (χ3v) is 5.10. The van der Waals surface area contributed by atoms with Crippen molar-refractivity contribution in [3.8, 4) is 0 Å². The molecule has 1 saturated heterocycles. The van der Waals surface area contributed by atoms with Crippen LogP contribution in [0.15, 0.2) is 0 Å². The molecule has 0 aromatic carbocycles. The van der Waals surface area contributed by atoms with Crippen molar-refractivity contribution in [2.75, 3.05) is 31.3 Å². The Morgan fingerprint density at radius 3 is 2.79 bits per heavy atom. The largest absolute Gasteiger partial charge is 0.302 e. The van der Waals surface area contributed by atoms with Gasteiger partial charge in [0.25, 0.3) is 0 Å². The van der Waals surface area contributed by atoms with Crippen molar-refractivity contribution >= 4 is 22.4 Å². The molecule has 0 aliphatic carbocycles. The monoisotopic (exact) mass is 237 g/mol. The summed E-state index contributed by atoms with van der Waals surface area (Å²) in [5, 5.41) is 0. The zero-order valence-corrected chi connectivity index (χ0v) is 10.7. The Hall–Kier alpha value is 0.400. The van der Waals surface area contributed by atoms with Crippen molar-refractivity contribution in [2.24, 2.45) is 0 Å². The summed E-state index contributed by atoms with van der Waals surface area (Å²) in [6, 6.07) is 0. The molecule has 0 saturated carbocycles. The molecule has 0 amide bonds. The first-order chi connectivity index (χ1) is 6.56. The highest BCUT2D eigenvalue weighted by molar-refractivity contribution is 7.86. The van der Waals surface area contributed by atoms with Crippen LogP contribution in [0.3, 0.4) is 0 Å². The van der Waals surface area contributed by atoms with E-state index in [9.17, 15) is 4.21 Å². The van der Waals surface area contributed by atoms with Crippen LogP contribution in [0.2, 0.25) is 0 Å². The van der Waals surface area contributed by atoms with E-state index in [1.165, 1.54) is 0 Å². The molecule has 1 unspecified atom stereocenters.